The fraction of sp³-hybridized carbons (Fsp3) is 0.938. The van der Waals surface area contributed by atoms with Gasteiger partial charge in [0.05, 0.1) is 12.4 Å². The van der Waals surface area contributed by atoms with E-state index in [-0.39, 0.29) is 35.1 Å². The van der Waals surface area contributed by atoms with E-state index >= 15 is 0 Å². The summed E-state index contributed by atoms with van der Waals surface area (Å²) in [5.74, 6) is 1.87. The molecule has 142 valence electrons. The van der Waals surface area contributed by atoms with Crippen LogP contribution in [0.4, 0.5) is 0 Å². The lowest BCUT2D eigenvalue weighted by molar-refractivity contribution is 0.115. The van der Waals surface area contributed by atoms with E-state index in [9.17, 15) is 8.42 Å². The number of hydrogen-bond acceptors (Lipinski definition) is 4. The van der Waals surface area contributed by atoms with Crippen LogP contribution in [0.1, 0.15) is 32.6 Å². The summed E-state index contributed by atoms with van der Waals surface area (Å²) in [6.45, 7) is 5.78. The van der Waals surface area contributed by atoms with Crippen LogP contribution in [0.5, 0.6) is 0 Å². The van der Waals surface area contributed by atoms with E-state index in [1.54, 1.807) is 0 Å². The largest absolute Gasteiger partial charge is 0.379 e. The molecule has 8 heteroatoms. The first-order chi connectivity index (χ1) is 10.8. The number of aliphatic imine (C=N–C) groups is 1. The number of halogens is 1. The Labute approximate surface area is 163 Å². The van der Waals surface area contributed by atoms with Crippen molar-refractivity contribution in [1.82, 2.24) is 10.2 Å². The maximum Gasteiger partial charge on any atom is 0.193 e. The van der Waals surface area contributed by atoms with Crippen molar-refractivity contribution in [2.75, 3.05) is 51.9 Å². The van der Waals surface area contributed by atoms with Gasteiger partial charge in [-0.3, -0.25) is 4.99 Å². The first kappa shape index (κ1) is 22.0. The SMILES string of the molecule is CCNC(=NCC1(CS(C)(=O)=O)CC1)N(C)CCOCC1CC1.I. The van der Waals surface area contributed by atoms with E-state index in [1.165, 1.54) is 19.1 Å². The molecule has 24 heavy (non-hydrogen) atoms. The molecule has 1 N–H and O–H groups in total. The molecule has 0 heterocycles. The first-order valence-corrected chi connectivity index (χ1v) is 10.6. The zero-order valence-corrected chi connectivity index (χ0v) is 18.2. The molecule has 0 atom stereocenters. The van der Waals surface area contributed by atoms with Crippen LogP contribution in [-0.4, -0.2) is 71.2 Å². The van der Waals surface area contributed by atoms with Gasteiger partial charge in [-0.1, -0.05) is 0 Å². The van der Waals surface area contributed by atoms with Crippen LogP contribution in [0.15, 0.2) is 4.99 Å². The Morgan fingerprint density at radius 3 is 2.54 bits per heavy atom. The second-order valence-corrected chi connectivity index (χ2v) is 9.32. The summed E-state index contributed by atoms with van der Waals surface area (Å²) in [5, 5.41) is 3.28. The van der Waals surface area contributed by atoms with Gasteiger partial charge in [0, 0.05) is 45.0 Å². The topological polar surface area (TPSA) is 71.0 Å². The summed E-state index contributed by atoms with van der Waals surface area (Å²) in [7, 11) is -0.945. The fourth-order valence-corrected chi connectivity index (χ4v) is 4.13. The van der Waals surface area contributed by atoms with E-state index in [2.05, 4.69) is 15.2 Å². The van der Waals surface area contributed by atoms with E-state index in [4.69, 9.17) is 4.74 Å². The number of guanidine groups is 1. The number of rotatable bonds is 10. The van der Waals surface area contributed by atoms with Crippen molar-refractivity contribution in [3.8, 4) is 0 Å². The lowest BCUT2D eigenvalue weighted by Gasteiger charge is -2.23. The standard InChI is InChI=1S/C16H31N3O3S.HI/c1-4-17-15(19(2)9-10-22-11-14-5-6-14)18-12-16(7-8-16)13-23(3,20)21;/h14H,4-13H2,1-3H3,(H,17,18);1H. The summed E-state index contributed by atoms with van der Waals surface area (Å²) in [4.78, 5) is 6.73. The maximum absolute atomic E-state index is 11.5. The summed E-state index contributed by atoms with van der Waals surface area (Å²) >= 11 is 0. The summed E-state index contributed by atoms with van der Waals surface area (Å²) in [5.41, 5.74) is -0.127. The van der Waals surface area contributed by atoms with Crippen LogP contribution < -0.4 is 5.32 Å². The zero-order chi connectivity index (χ0) is 16.9. The number of likely N-dealkylation sites (N-methyl/N-ethyl adjacent to an activating group) is 1. The van der Waals surface area contributed by atoms with Gasteiger partial charge in [-0.15, -0.1) is 24.0 Å². The van der Waals surface area contributed by atoms with Crippen LogP contribution >= 0.6 is 24.0 Å². The molecule has 0 aromatic heterocycles. The van der Waals surface area contributed by atoms with Gasteiger partial charge in [-0.25, -0.2) is 8.42 Å². The van der Waals surface area contributed by atoms with Crippen molar-refractivity contribution in [3.63, 3.8) is 0 Å². The van der Waals surface area contributed by atoms with E-state index < -0.39 is 9.84 Å². The summed E-state index contributed by atoms with van der Waals surface area (Å²) in [6, 6.07) is 0. The highest BCUT2D eigenvalue weighted by Crippen LogP contribution is 2.46. The lowest BCUT2D eigenvalue weighted by atomic mass is 10.1. The molecule has 0 unspecified atom stereocenters. The molecule has 2 aliphatic rings. The molecule has 0 spiro atoms. The second-order valence-electron chi connectivity index (χ2n) is 7.18. The third-order valence-electron chi connectivity index (χ3n) is 4.41. The Morgan fingerprint density at radius 1 is 1.38 bits per heavy atom. The maximum atomic E-state index is 11.5. The molecule has 0 aromatic carbocycles. The summed E-state index contributed by atoms with van der Waals surface area (Å²) < 4.78 is 28.7. The van der Waals surface area contributed by atoms with Gasteiger partial charge < -0.3 is 15.0 Å². The molecule has 2 aliphatic carbocycles. The number of sulfone groups is 1. The van der Waals surface area contributed by atoms with Gasteiger partial charge in [-0.2, -0.15) is 0 Å². The van der Waals surface area contributed by atoms with Crippen molar-refractivity contribution in [2.24, 2.45) is 16.3 Å². The van der Waals surface area contributed by atoms with E-state index in [0.29, 0.717) is 13.2 Å². The van der Waals surface area contributed by atoms with Gasteiger partial charge >= 0.3 is 0 Å². The monoisotopic (exact) mass is 473 g/mol. The van der Waals surface area contributed by atoms with E-state index in [0.717, 1.165) is 44.4 Å². The van der Waals surface area contributed by atoms with Crippen LogP contribution in [0.2, 0.25) is 0 Å². The van der Waals surface area contributed by atoms with Crippen molar-refractivity contribution in [2.45, 2.75) is 32.6 Å². The van der Waals surface area contributed by atoms with Crippen LogP contribution in [-0.2, 0) is 14.6 Å². The van der Waals surface area contributed by atoms with Gasteiger partial charge in [0.1, 0.15) is 9.84 Å². The molecule has 0 bridgehead atoms. The van der Waals surface area contributed by atoms with Gasteiger partial charge in [0.15, 0.2) is 5.96 Å². The highest BCUT2D eigenvalue weighted by Gasteiger charge is 2.45. The van der Waals surface area contributed by atoms with Crippen LogP contribution in [0, 0.1) is 11.3 Å². The minimum absolute atomic E-state index is 0. The normalized spacial score (nSPS) is 19.5. The van der Waals surface area contributed by atoms with Crippen LogP contribution in [0.25, 0.3) is 0 Å². The predicted molar refractivity (Wildman–Crippen MR) is 109 cm³/mol. The molecular weight excluding hydrogens is 441 g/mol. The first-order valence-electron chi connectivity index (χ1n) is 8.58. The van der Waals surface area contributed by atoms with Crippen molar-refractivity contribution in [1.29, 1.82) is 0 Å². The molecule has 0 amide bonds. The third-order valence-corrected chi connectivity index (χ3v) is 5.54. The molecule has 0 aliphatic heterocycles. The molecular formula is C16H32IN3O3S. The Bertz CT molecular complexity index is 517. The molecule has 6 nitrogen and oxygen atoms in total. The van der Waals surface area contributed by atoms with E-state index in [1.807, 2.05) is 14.0 Å². The molecule has 2 fully saturated rings. The third kappa shape index (κ3) is 8.33. The average Bonchev–Trinajstić information content (AvgIpc) is 3.35. The molecule has 0 aromatic rings. The number of nitrogens with one attached hydrogen (secondary N) is 1. The highest BCUT2D eigenvalue weighted by atomic mass is 127. The highest BCUT2D eigenvalue weighted by molar-refractivity contribution is 14.0. The minimum atomic E-state index is -2.94. The fourth-order valence-electron chi connectivity index (χ4n) is 2.64. The van der Waals surface area contributed by atoms with Gasteiger partial charge in [-0.05, 0) is 38.5 Å². The molecule has 0 radical (unpaired) electrons. The van der Waals surface area contributed by atoms with Gasteiger partial charge in [0.25, 0.3) is 0 Å². The van der Waals surface area contributed by atoms with Crippen LogP contribution in [0.3, 0.4) is 0 Å². The number of nitrogens with zero attached hydrogens (tertiary/aromatic N) is 2. The minimum Gasteiger partial charge on any atom is -0.379 e. The lowest BCUT2D eigenvalue weighted by Crippen LogP contribution is -2.41. The second kappa shape index (κ2) is 9.56. The van der Waals surface area contributed by atoms with Crippen molar-refractivity contribution >= 4 is 39.8 Å². The molecule has 2 rings (SSSR count). The summed E-state index contributed by atoms with van der Waals surface area (Å²) in [6.07, 6.45) is 5.84. The Kier molecular flexibility index (Phi) is 8.75. The Hall–Kier alpha value is -0.0900. The number of ether oxygens (including phenoxy) is 1. The smallest absolute Gasteiger partial charge is 0.193 e. The quantitative estimate of drug-likeness (QED) is 0.227. The number of hydrogen-bond donors (Lipinski definition) is 1. The average molecular weight is 473 g/mol. The van der Waals surface area contributed by atoms with Crippen molar-refractivity contribution in [3.05, 3.63) is 0 Å². The predicted octanol–water partition coefficient (Wildman–Crippen LogP) is 1.75. The Balaban J connectivity index is 0.00000288. The van der Waals surface area contributed by atoms with Crippen molar-refractivity contribution < 1.29 is 13.2 Å². The van der Waals surface area contributed by atoms with Gasteiger partial charge in [0.2, 0.25) is 0 Å². The Morgan fingerprint density at radius 2 is 2.04 bits per heavy atom. The molecule has 0 saturated heterocycles. The zero-order valence-electron chi connectivity index (χ0n) is 15.1. The molecule has 2 saturated carbocycles.